The number of primary amides is 1. The van der Waals surface area contributed by atoms with Crippen LogP contribution in [-0.2, 0) is 9.59 Å². The van der Waals surface area contributed by atoms with Crippen LogP contribution in [-0.4, -0.2) is 11.8 Å². The van der Waals surface area contributed by atoms with Crippen molar-refractivity contribution in [3.8, 4) is 0 Å². The van der Waals surface area contributed by atoms with Gasteiger partial charge in [0.05, 0.1) is 0 Å². The van der Waals surface area contributed by atoms with Crippen molar-refractivity contribution in [2.75, 3.05) is 5.32 Å². The fraction of sp³-hybridized carbons (Fsp3) is 0.273. The highest BCUT2D eigenvalue weighted by molar-refractivity contribution is 6.12. The van der Waals surface area contributed by atoms with Crippen LogP contribution in [0.5, 0.6) is 0 Å². The fourth-order valence-corrected chi connectivity index (χ4v) is 1.49. The molecule has 6 heteroatoms. The lowest BCUT2D eigenvalue weighted by molar-refractivity contribution is -0.132. The molecule has 4 nitrogen and oxygen atoms in total. The van der Waals surface area contributed by atoms with Crippen molar-refractivity contribution in [1.82, 2.24) is 0 Å². The lowest BCUT2D eigenvalue weighted by Gasteiger charge is -2.11. The quantitative estimate of drug-likeness (QED) is 0.806. The van der Waals surface area contributed by atoms with Crippen molar-refractivity contribution in [1.29, 1.82) is 0 Å². The summed E-state index contributed by atoms with van der Waals surface area (Å²) in [4.78, 5) is 22.8. The number of carbonyl (C=O) groups excluding carboxylic acids is 2. The van der Waals surface area contributed by atoms with E-state index in [1.165, 1.54) is 24.3 Å². The molecule has 2 amide bonds. The van der Waals surface area contributed by atoms with Crippen molar-refractivity contribution in [2.24, 2.45) is 11.1 Å². The van der Waals surface area contributed by atoms with Crippen molar-refractivity contribution < 1.29 is 14.0 Å². The van der Waals surface area contributed by atoms with Crippen LogP contribution in [0.1, 0.15) is 12.8 Å². The number of nitrogens with two attached hydrogens (primary N) is 1. The number of nitrogens with one attached hydrogen (secondary N) is 1. The van der Waals surface area contributed by atoms with Crippen LogP contribution in [0.4, 0.5) is 10.1 Å². The first-order valence-electron chi connectivity index (χ1n) is 4.91. The molecule has 1 saturated carbocycles. The summed E-state index contributed by atoms with van der Waals surface area (Å²) in [6.45, 7) is 0. The summed E-state index contributed by atoms with van der Waals surface area (Å²) in [5, 5.41) is 2.55. The molecular formula is C11H12ClFN2O2. The zero-order valence-corrected chi connectivity index (χ0v) is 9.72. The number of hydrogen-bond acceptors (Lipinski definition) is 2. The molecule has 92 valence electrons. The third kappa shape index (κ3) is 2.55. The number of rotatable bonds is 3. The van der Waals surface area contributed by atoms with Gasteiger partial charge in [-0.2, -0.15) is 0 Å². The molecule has 3 N–H and O–H groups in total. The SMILES string of the molecule is Cl.NC(=O)C1(C(=O)Nc2ccc(F)cc2)CC1. The molecule has 0 aliphatic heterocycles. The van der Waals surface area contributed by atoms with Crippen molar-refractivity contribution in [3.05, 3.63) is 30.1 Å². The predicted molar refractivity (Wildman–Crippen MR) is 63.1 cm³/mol. The molecule has 17 heavy (non-hydrogen) atoms. The minimum Gasteiger partial charge on any atom is -0.369 e. The molecule has 0 spiro atoms. The second kappa shape index (κ2) is 4.71. The summed E-state index contributed by atoms with van der Waals surface area (Å²) in [5.74, 6) is -1.40. The van der Waals surface area contributed by atoms with E-state index in [-0.39, 0.29) is 18.2 Å². The van der Waals surface area contributed by atoms with Crippen LogP contribution in [0.25, 0.3) is 0 Å². The maximum atomic E-state index is 12.6. The average Bonchev–Trinajstić information content (AvgIpc) is 3.02. The molecule has 2 rings (SSSR count). The van der Waals surface area contributed by atoms with Crippen molar-refractivity contribution in [2.45, 2.75) is 12.8 Å². The summed E-state index contributed by atoms with van der Waals surface area (Å²) in [6.07, 6.45) is 0.963. The Morgan fingerprint density at radius 3 is 2.18 bits per heavy atom. The molecule has 1 aliphatic rings. The zero-order chi connectivity index (χ0) is 11.8. The molecule has 1 aromatic rings. The molecule has 1 fully saturated rings. The van der Waals surface area contributed by atoms with Crippen LogP contribution >= 0.6 is 12.4 Å². The summed E-state index contributed by atoms with van der Waals surface area (Å²) >= 11 is 0. The van der Waals surface area contributed by atoms with E-state index in [4.69, 9.17) is 5.73 Å². The van der Waals surface area contributed by atoms with Gasteiger partial charge in [0, 0.05) is 5.69 Å². The summed E-state index contributed by atoms with van der Waals surface area (Å²) < 4.78 is 12.6. The first kappa shape index (κ1) is 13.4. The van der Waals surface area contributed by atoms with Gasteiger partial charge in [-0.1, -0.05) is 0 Å². The first-order chi connectivity index (χ1) is 7.54. The summed E-state index contributed by atoms with van der Waals surface area (Å²) in [5.41, 5.74) is 4.56. The molecule has 0 unspecified atom stereocenters. The van der Waals surface area contributed by atoms with Crippen molar-refractivity contribution >= 4 is 29.9 Å². The Balaban J connectivity index is 0.00000144. The Kier molecular flexibility index (Phi) is 3.72. The van der Waals surface area contributed by atoms with Gasteiger partial charge in [-0.25, -0.2) is 4.39 Å². The highest BCUT2D eigenvalue weighted by Crippen LogP contribution is 2.46. The summed E-state index contributed by atoms with van der Waals surface area (Å²) in [6, 6.07) is 5.34. The van der Waals surface area contributed by atoms with E-state index < -0.39 is 17.2 Å². The first-order valence-corrected chi connectivity index (χ1v) is 4.91. The van der Waals surface area contributed by atoms with E-state index in [1.54, 1.807) is 0 Å². The Hall–Kier alpha value is -1.62. The Morgan fingerprint density at radius 2 is 1.76 bits per heavy atom. The topological polar surface area (TPSA) is 72.2 Å². The molecular weight excluding hydrogens is 247 g/mol. The molecule has 1 aromatic carbocycles. The predicted octanol–water partition coefficient (Wildman–Crippen LogP) is 1.45. The van der Waals surface area contributed by atoms with Crippen LogP contribution < -0.4 is 11.1 Å². The van der Waals surface area contributed by atoms with Gasteiger partial charge in [0.15, 0.2) is 0 Å². The summed E-state index contributed by atoms with van der Waals surface area (Å²) in [7, 11) is 0. The molecule has 0 heterocycles. The van der Waals surface area contributed by atoms with Gasteiger partial charge in [0.2, 0.25) is 11.8 Å². The van der Waals surface area contributed by atoms with E-state index >= 15 is 0 Å². The number of hydrogen-bond donors (Lipinski definition) is 2. The van der Waals surface area contributed by atoms with E-state index in [0.29, 0.717) is 18.5 Å². The smallest absolute Gasteiger partial charge is 0.240 e. The Labute approximate surface area is 104 Å². The van der Waals surface area contributed by atoms with E-state index in [0.717, 1.165) is 0 Å². The highest BCUT2D eigenvalue weighted by Gasteiger charge is 2.55. The van der Waals surface area contributed by atoms with E-state index in [9.17, 15) is 14.0 Å². The Morgan fingerprint density at radius 1 is 1.24 bits per heavy atom. The molecule has 1 aliphatic carbocycles. The maximum Gasteiger partial charge on any atom is 0.240 e. The van der Waals surface area contributed by atoms with Gasteiger partial charge in [-0.15, -0.1) is 12.4 Å². The number of anilines is 1. The van der Waals surface area contributed by atoms with E-state index in [2.05, 4.69) is 5.32 Å². The highest BCUT2D eigenvalue weighted by atomic mass is 35.5. The lowest BCUT2D eigenvalue weighted by Crippen LogP contribution is -2.36. The van der Waals surface area contributed by atoms with Gasteiger partial charge in [-0.3, -0.25) is 9.59 Å². The number of amides is 2. The number of benzene rings is 1. The van der Waals surface area contributed by atoms with Crippen LogP contribution in [0.2, 0.25) is 0 Å². The minimum absolute atomic E-state index is 0. The fourth-order valence-electron chi connectivity index (χ4n) is 1.49. The normalized spacial score (nSPS) is 15.6. The van der Waals surface area contributed by atoms with Crippen LogP contribution in [0.15, 0.2) is 24.3 Å². The number of carbonyl (C=O) groups is 2. The van der Waals surface area contributed by atoms with Crippen molar-refractivity contribution in [3.63, 3.8) is 0 Å². The standard InChI is InChI=1S/C11H11FN2O2.ClH/c12-7-1-3-8(4-2-7)14-10(16)11(5-6-11)9(13)15;/h1-4H,5-6H2,(H2,13,15)(H,14,16);1H. The van der Waals surface area contributed by atoms with Gasteiger partial charge >= 0.3 is 0 Å². The third-order valence-electron chi connectivity index (χ3n) is 2.76. The van der Waals surface area contributed by atoms with Gasteiger partial charge < -0.3 is 11.1 Å². The van der Waals surface area contributed by atoms with Gasteiger partial charge in [-0.05, 0) is 37.1 Å². The third-order valence-corrected chi connectivity index (χ3v) is 2.76. The zero-order valence-electron chi connectivity index (χ0n) is 8.90. The second-order valence-electron chi connectivity index (χ2n) is 3.91. The van der Waals surface area contributed by atoms with Crippen LogP contribution in [0, 0.1) is 11.2 Å². The van der Waals surface area contributed by atoms with Gasteiger partial charge in [0.1, 0.15) is 11.2 Å². The molecule has 0 bridgehead atoms. The second-order valence-corrected chi connectivity index (χ2v) is 3.91. The largest absolute Gasteiger partial charge is 0.369 e. The maximum absolute atomic E-state index is 12.6. The van der Waals surface area contributed by atoms with Gasteiger partial charge in [0.25, 0.3) is 0 Å². The molecule has 0 atom stereocenters. The lowest BCUT2D eigenvalue weighted by atomic mass is 10.1. The Bertz CT molecular complexity index is 443. The monoisotopic (exact) mass is 258 g/mol. The van der Waals surface area contributed by atoms with Crippen LogP contribution in [0.3, 0.4) is 0 Å². The van der Waals surface area contributed by atoms with E-state index in [1.807, 2.05) is 0 Å². The molecule has 0 radical (unpaired) electrons. The minimum atomic E-state index is -1.05. The molecule has 0 aromatic heterocycles. The average molecular weight is 259 g/mol. The number of halogens is 2. The molecule has 0 saturated heterocycles.